The van der Waals surface area contributed by atoms with Crippen LogP contribution in [0.15, 0.2) is 36.4 Å². The summed E-state index contributed by atoms with van der Waals surface area (Å²) in [5.74, 6) is -1.97. The van der Waals surface area contributed by atoms with E-state index in [2.05, 4.69) is 6.92 Å². The van der Waals surface area contributed by atoms with Gasteiger partial charge in [-0.15, -0.1) is 0 Å². The Morgan fingerprint density at radius 2 is 1.62 bits per heavy atom. The molecule has 0 spiro atoms. The molecule has 0 aromatic heterocycles. The van der Waals surface area contributed by atoms with Crippen molar-refractivity contribution < 1.29 is 62.4 Å². The predicted molar refractivity (Wildman–Crippen MR) is 174 cm³/mol. The van der Waals surface area contributed by atoms with Crippen molar-refractivity contribution >= 4 is 25.5 Å². The van der Waals surface area contributed by atoms with Crippen molar-refractivity contribution in [2.45, 2.75) is 128 Å². The third-order valence-electron chi connectivity index (χ3n) is 7.66. The number of phosphoric acid groups is 1. The molecule has 6 unspecified atom stereocenters. The van der Waals surface area contributed by atoms with E-state index in [1.165, 1.54) is 36.8 Å². The molecule has 1 saturated heterocycles. The molecule has 15 heteroatoms. The number of phosphoric ester groups is 1. The van der Waals surface area contributed by atoms with E-state index in [0.29, 0.717) is 18.4 Å². The number of allylic oxidation sites excluding steroid dienone is 1. The number of aliphatic hydroxyl groups is 2. The van der Waals surface area contributed by atoms with Crippen LogP contribution >= 0.6 is 7.82 Å². The Balaban J connectivity index is 2.24. The lowest BCUT2D eigenvalue weighted by atomic mass is 9.99. The lowest BCUT2D eigenvalue weighted by Crippen LogP contribution is -2.62. The van der Waals surface area contributed by atoms with Crippen LogP contribution in [0.2, 0.25) is 0 Å². The van der Waals surface area contributed by atoms with Crippen LogP contribution in [-0.4, -0.2) is 81.6 Å². The first kappa shape index (κ1) is 41.5. The number of hydrogen-bond donors (Lipinski definition) is 5. The number of Topliss-reactive ketones (excluding diaryl/α,β-unsaturated/α-hetero) is 1. The molecule has 0 saturated carbocycles. The second-order valence-electron chi connectivity index (χ2n) is 11.7. The fourth-order valence-electron chi connectivity index (χ4n) is 5.01. The van der Waals surface area contributed by atoms with Gasteiger partial charge >= 0.3 is 19.8 Å². The summed E-state index contributed by atoms with van der Waals surface area (Å²) in [6.45, 7) is 3.45. The van der Waals surface area contributed by atoms with E-state index < -0.39 is 69.6 Å². The van der Waals surface area contributed by atoms with Crippen LogP contribution in [0.1, 0.15) is 103 Å². The molecule has 48 heavy (non-hydrogen) atoms. The van der Waals surface area contributed by atoms with Gasteiger partial charge in [-0.2, -0.15) is 0 Å². The molecule has 2 rings (SSSR count). The molecule has 272 valence electrons. The number of carbonyl (C=O) groups is 3. The minimum Gasteiger partial charge on any atom is -0.462 e. The molecular weight excluding hydrogens is 649 g/mol. The SMILES string of the molecule is CCCCCCCC/C=C/C(=O)OC1C(Oc2ccc(C(O)CN)cc2)OC(COC(=O)CC(=O)CCCCC)C(O)C1OP(=O)(O)O. The van der Waals surface area contributed by atoms with Gasteiger partial charge in [0, 0.05) is 19.0 Å². The van der Waals surface area contributed by atoms with E-state index in [-0.39, 0.29) is 24.5 Å². The molecule has 1 aromatic rings. The van der Waals surface area contributed by atoms with E-state index >= 15 is 0 Å². The average Bonchev–Trinajstić information content (AvgIpc) is 3.04. The van der Waals surface area contributed by atoms with Gasteiger partial charge in [0.25, 0.3) is 0 Å². The van der Waals surface area contributed by atoms with Crippen LogP contribution in [0.25, 0.3) is 0 Å². The first-order valence-electron chi connectivity index (χ1n) is 16.6. The van der Waals surface area contributed by atoms with Crippen LogP contribution in [0, 0.1) is 0 Å². The van der Waals surface area contributed by atoms with Crippen LogP contribution < -0.4 is 10.5 Å². The molecule has 0 bridgehead atoms. The highest BCUT2D eigenvalue weighted by Crippen LogP contribution is 2.42. The summed E-state index contributed by atoms with van der Waals surface area (Å²) >= 11 is 0. The third kappa shape index (κ3) is 15.7. The highest BCUT2D eigenvalue weighted by atomic mass is 31.2. The molecule has 6 atom stereocenters. The Bertz CT molecular complexity index is 1190. The molecule has 1 fully saturated rings. The molecular formula is C33H52NO13P. The molecule has 0 amide bonds. The van der Waals surface area contributed by atoms with E-state index in [1.54, 1.807) is 6.08 Å². The number of hydrogen-bond acceptors (Lipinski definition) is 12. The van der Waals surface area contributed by atoms with E-state index in [4.69, 9.17) is 29.2 Å². The van der Waals surface area contributed by atoms with Crippen molar-refractivity contribution in [1.29, 1.82) is 0 Å². The number of rotatable bonds is 23. The summed E-state index contributed by atoms with van der Waals surface area (Å²) in [6.07, 6.45) is 2.34. The van der Waals surface area contributed by atoms with Crippen molar-refractivity contribution in [2.75, 3.05) is 13.2 Å². The maximum absolute atomic E-state index is 12.9. The second-order valence-corrected chi connectivity index (χ2v) is 12.9. The molecule has 0 radical (unpaired) electrons. The zero-order valence-electron chi connectivity index (χ0n) is 27.8. The molecule has 1 aliphatic rings. The Morgan fingerprint density at radius 3 is 2.27 bits per heavy atom. The third-order valence-corrected chi connectivity index (χ3v) is 8.18. The quantitative estimate of drug-likeness (QED) is 0.0359. The lowest BCUT2D eigenvalue weighted by Gasteiger charge is -2.43. The Hall–Kier alpha value is -2.68. The molecule has 1 aliphatic heterocycles. The van der Waals surface area contributed by atoms with Crippen molar-refractivity contribution in [3.05, 3.63) is 42.0 Å². The summed E-state index contributed by atoms with van der Waals surface area (Å²) < 4.78 is 39.3. The Kier molecular flexibility index (Phi) is 19.1. The molecule has 0 aliphatic carbocycles. The number of unbranched alkanes of at least 4 members (excludes halogenated alkanes) is 8. The van der Waals surface area contributed by atoms with Crippen molar-refractivity contribution in [3.63, 3.8) is 0 Å². The maximum atomic E-state index is 12.9. The van der Waals surface area contributed by atoms with Crippen LogP contribution in [0.5, 0.6) is 5.75 Å². The summed E-state index contributed by atoms with van der Waals surface area (Å²) in [6, 6.07) is 5.97. The van der Waals surface area contributed by atoms with Gasteiger partial charge in [-0.05, 0) is 37.0 Å². The first-order chi connectivity index (χ1) is 22.9. The first-order valence-corrected chi connectivity index (χ1v) is 18.2. The molecule has 14 nitrogen and oxygen atoms in total. The lowest BCUT2D eigenvalue weighted by molar-refractivity contribution is -0.279. The van der Waals surface area contributed by atoms with Crippen molar-refractivity contribution in [3.8, 4) is 5.75 Å². The monoisotopic (exact) mass is 701 g/mol. The number of carbonyl (C=O) groups excluding carboxylic acids is 3. The fraction of sp³-hybridized carbons (Fsp3) is 0.667. The van der Waals surface area contributed by atoms with Gasteiger partial charge < -0.3 is 44.7 Å². The number of benzene rings is 1. The van der Waals surface area contributed by atoms with E-state index in [1.807, 2.05) is 6.92 Å². The van der Waals surface area contributed by atoms with Gasteiger partial charge in [-0.1, -0.05) is 77.0 Å². The van der Waals surface area contributed by atoms with Gasteiger partial charge in [0.2, 0.25) is 6.29 Å². The Labute approximate surface area is 282 Å². The number of esters is 2. The van der Waals surface area contributed by atoms with E-state index in [0.717, 1.165) is 44.9 Å². The average molecular weight is 702 g/mol. The minimum absolute atomic E-state index is 0.0274. The number of nitrogens with two attached hydrogens (primary N) is 1. The smallest absolute Gasteiger partial charge is 0.462 e. The van der Waals surface area contributed by atoms with Crippen molar-refractivity contribution in [1.82, 2.24) is 0 Å². The number of aliphatic hydroxyl groups excluding tert-OH is 2. The van der Waals surface area contributed by atoms with Gasteiger partial charge in [0.05, 0.1) is 6.10 Å². The van der Waals surface area contributed by atoms with Crippen LogP contribution in [-0.2, 0) is 37.7 Å². The van der Waals surface area contributed by atoms with Gasteiger partial charge in [-0.25, -0.2) is 9.36 Å². The van der Waals surface area contributed by atoms with Gasteiger partial charge in [0.15, 0.2) is 6.10 Å². The van der Waals surface area contributed by atoms with E-state index in [9.17, 15) is 38.9 Å². The fourth-order valence-corrected chi connectivity index (χ4v) is 5.57. The molecule has 1 heterocycles. The number of ketones is 1. The normalized spacial score (nSPS) is 21.9. The zero-order chi connectivity index (χ0) is 35.5. The highest BCUT2D eigenvalue weighted by Gasteiger charge is 2.52. The summed E-state index contributed by atoms with van der Waals surface area (Å²) in [7, 11) is -5.29. The topological polar surface area (TPSA) is 221 Å². The largest absolute Gasteiger partial charge is 0.470 e. The second kappa shape index (κ2) is 22.1. The van der Waals surface area contributed by atoms with Gasteiger partial charge in [0.1, 0.15) is 42.9 Å². The summed E-state index contributed by atoms with van der Waals surface area (Å²) in [4.78, 5) is 56.7. The Morgan fingerprint density at radius 1 is 0.979 bits per heavy atom. The summed E-state index contributed by atoms with van der Waals surface area (Å²) in [5.41, 5.74) is 6.00. The standard InChI is InChI=1S/C33H52NO13P/c1-3-5-7-8-9-10-11-13-15-28(37)46-32-31(47-48(40,41)42)30(39)27(22-43-29(38)20-24(35)14-12-6-4-2)45-33(32)44-25-18-16-23(17-19-25)26(36)21-34/h13,15-19,26-27,30-33,36,39H,3-12,14,20-22,34H2,1-2H3,(H2,40,41,42)/b15-13+. The van der Waals surface area contributed by atoms with Crippen molar-refractivity contribution in [2.24, 2.45) is 5.73 Å². The predicted octanol–water partition coefficient (Wildman–Crippen LogP) is 3.92. The number of ether oxygens (including phenoxy) is 4. The molecule has 1 aromatic carbocycles. The maximum Gasteiger partial charge on any atom is 0.470 e. The van der Waals surface area contributed by atoms with Gasteiger partial charge in [-0.3, -0.25) is 14.1 Å². The zero-order valence-corrected chi connectivity index (χ0v) is 28.7. The minimum atomic E-state index is -5.29. The highest BCUT2D eigenvalue weighted by molar-refractivity contribution is 7.46. The van der Waals surface area contributed by atoms with Crippen LogP contribution in [0.3, 0.4) is 0 Å². The van der Waals surface area contributed by atoms with Crippen LogP contribution in [0.4, 0.5) is 0 Å². The molecule has 6 N–H and O–H groups in total. The summed E-state index contributed by atoms with van der Waals surface area (Å²) in [5, 5.41) is 21.1.